The average molecular weight is 249 g/mol. The molecule has 0 aliphatic rings. The lowest BCUT2D eigenvalue weighted by molar-refractivity contribution is 0.272. The van der Waals surface area contributed by atoms with Crippen molar-refractivity contribution in [2.75, 3.05) is 6.61 Å². The Labute approximate surface area is 94.6 Å². The summed E-state index contributed by atoms with van der Waals surface area (Å²) in [6.07, 6.45) is 0.0316. The Morgan fingerprint density at radius 2 is 2.20 bits per heavy atom. The largest absolute Gasteiger partial charge is 0.332 e. The first-order valence-corrected chi connectivity index (χ1v) is 6.80. The standard InChI is InChI=1S/C10H14ClO3P/c1-3-14-15(12,13)7-9-4-5-10(11)6-8(9)2/h4-6H,3,7H2,1-2H3,(H,12,13). The zero-order valence-corrected chi connectivity index (χ0v) is 10.4. The molecule has 1 N–H and O–H groups in total. The van der Waals surface area contributed by atoms with Gasteiger partial charge in [0.25, 0.3) is 0 Å². The van der Waals surface area contributed by atoms with Crippen molar-refractivity contribution in [2.24, 2.45) is 0 Å². The molecule has 0 amide bonds. The van der Waals surface area contributed by atoms with Crippen molar-refractivity contribution in [1.82, 2.24) is 0 Å². The van der Waals surface area contributed by atoms with Crippen LogP contribution in [0.25, 0.3) is 0 Å². The van der Waals surface area contributed by atoms with Crippen molar-refractivity contribution in [1.29, 1.82) is 0 Å². The topological polar surface area (TPSA) is 46.5 Å². The normalized spacial score (nSPS) is 14.9. The van der Waals surface area contributed by atoms with Crippen molar-refractivity contribution in [3.05, 3.63) is 34.3 Å². The van der Waals surface area contributed by atoms with Crippen LogP contribution in [0.15, 0.2) is 18.2 Å². The molecule has 0 saturated carbocycles. The summed E-state index contributed by atoms with van der Waals surface area (Å²) in [4.78, 5) is 9.46. The molecule has 0 fully saturated rings. The van der Waals surface area contributed by atoms with Gasteiger partial charge in [0.2, 0.25) is 0 Å². The molecule has 15 heavy (non-hydrogen) atoms. The number of hydrogen-bond acceptors (Lipinski definition) is 2. The molecule has 0 aliphatic heterocycles. The van der Waals surface area contributed by atoms with Crippen molar-refractivity contribution in [3.63, 3.8) is 0 Å². The summed E-state index contributed by atoms with van der Waals surface area (Å²) in [5.74, 6) is 0. The van der Waals surface area contributed by atoms with Crippen molar-refractivity contribution in [2.45, 2.75) is 20.0 Å². The maximum absolute atomic E-state index is 11.5. The molecule has 5 heteroatoms. The van der Waals surface area contributed by atoms with Crippen LogP contribution in [0, 0.1) is 6.92 Å². The predicted octanol–water partition coefficient (Wildman–Crippen LogP) is 3.37. The Kier molecular flexibility index (Phi) is 4.35. The molecule has 0 aromatic heterocycles. The lowest BCUT2D eigenvalue weighted by Gasteiger charge is -2.12. The van der Waals surface area contributed by atoms with Crippen molar-refractivity contribution >= 4 is 19.2 Å². The van der Waals surface area contributed by atoms with Crippen LogP contribution < -0.4 is 0 Å². The zero-order chi connectivity index (χ0) is 11.5. The second-order valence-electron chi connectivity index (χ2n) is 3.28. The van der Waals surface area contributed by atoms with E-state index in [1.54, 1.807) is 25.1 Å². The van der Waals surface area contributed by atoms with Gasteiger partial charge in [-0.1, -0.05) is 17.7 Å². The molecule has 1 unspecified atom stereocenters. The highest BCUT2D eigenvalue weighted by atomic mass is 35.5. The third kappa shape index (κ3) is 3.96. The van der Waals surface area contributed by atoms with Crippen LogP contribution in [-0.4, -0.2) is 11.5 Å². The van der Waals surface area contributed by atoms with Crippen LogP contribution in [0.2, 0.25) is 5.02 Å². The summed E-state index contributed by atoms with van der Waals surface area (Å²) in [7, 11) is -3.50. The summed E-state index contributed by atoms with van der Waals surface area (Å²) in [6, 6.07) is 5.22. The molecule has 1 aromatic rings. The number of halogens is 1. The molecule has 3 nitrogen and oxygen atoms in total. The molecular formula is C10H14ClO3P. The fraction of sp³-hybridized carbons (Fsp3) is 0.400. The summed E-state index contributed by atoms with van der Waals surface area (Å²) in [5, 5.41) is 0.625. The Morgan fingerprint density at radius 3 is 2.73 bits per heavy atom. The molecule has 0 aliphatic carbocycles. The first kappa shape index (κ1) is 12.7. The fourth-order valence-electron chi connectivity index (χ4n) is 1.30. The Balaban J connectivity index is 2.85. The monoisotopic (exact) mass is 248 g/mol. The molecule has 0 heterocycles. The van der Waals surface area contributed by atoms with Gasteiger partial charge < -0.3 is 9.42 Å². The molecule has 1 atom stereocenters. The summed E-state index contributed by atoms with van der Waals surface area (Å²) < 4.78 is 16.3. The van der Waals surface area contributed by atoms with E-state index in [9.17, 15) is 9.46 Å². The van der Waals surface area contributed by atoms with Crippen LogP contribution >= 0.6 is 19.2 Å². The zero-order valence-electron chi connectivity index (χ0n) is 8.74. The van der Waals surface area contributed by atoms with Crippen LogP contribution in [0.5, 0.6) is 0 Å². The van der Waals surface area contributed by atoms with Gasteiger partial charge in [0.05, 0.1) is 12.8 Å². The minimum Gasteiger partial charge on any atom is -0.324 e. The number of rotatable bonds is 4. The van der Waals surface area contributed by atoms with Crippen LogP contribution in [0.3, 0.4) is 0 Å². The summed E-state index contributed by atoms with van der Waals surface area (Å²) in [6.45, 7) is 3.78. The van der Waals surface area contributed by atoms with Crippen LogP contribution in [0.1, 0.15) is 18.1 Å². The maximum atomic E-state index is 11.5. The average Bonchev–Trinajstić information content (AvgIpc) is 2.09. The first-order valence-electron chi connectivity index (χ1n) is 4.66. The van der Waals surface area contributed by atoms with Gasteiger partial charge in [0, 0.05) is 5.02 Å². The minimum atomic E-state index is -3.50. The molecule has 84 valence electrons. The lowest BCUT2D eigenvalue weighted by Crippen LogP contribution is -1.95. The summed E-state index contributed by atoms with van der Waals surface area (Å²) >= 11 is 5.79. The van der Waals surface area contributed by atoms with E-state index in [4.69, 9.17) is 16.1 Å². The van der Waals surface area contributed by atoms with E-state index in [-0.39, 0.29) is 12.8 Å². The number of hydrogen-bond donors (Lipinski definition) is 1. The molecular weight excluding hydrogens is 235 g/mol. The van der Waals surface area contributed by atoms with E-state index in [1.807, 2.05) is 6.92 Å². The van der Waals surface area contributed by atoms with Gasteiger partial charge in [0.15, 0.2) is 0 Å². The second kappa shape index (κ2) is 5.13. The number of aryl methyl sites for hydroxylation is 1. The van der Waals surface area contributed by atoms with E-state index >= 15 is 0 Å². The smallest absolute Gasteiger partial charge is 0.324 e. The first-order chi connectivity index (χ1) is 6.94. The Hall–Kier alpha value is -0.340. The van der Waals surface area contributed by atoms with Gasteiger partial charge in [-0.3, -0.25) is 4.57 Å². The van der Waals surface area contributed by atoms with E-state index in [2.05, 4.69) is 0 Å². The van der Waals surface area contributed by atoms with Crippen molar-refractivity contribution in [3.8, 4) is 0 Å². The van der Waals surface area contributed by atoms with E-state index < -0.39 is 7.60 Å². The van der Waals surface area contributed by atoms with Gasteiger partial charge in [-0.05, 0) is 37.1 Å². The summed E-state index contributed by atoms with van der Waals surface area (Å²) in [5.41, 5.74) is 1.69. The maximum Gasteiger partial charge on any atom is 0.332 e. The molecule has 0 saturated heterocycles. The SMILES string of the molecule is CCOP(=O)(O)Cc1ccc(Cl)cc1C. The molecule has 1 rings (SSSR count). The van der Waals surface area contributed by atoms with E-state index in [0.29, 0.717) is 5.02 Å². The van der Waals surface area contributed by atoms with E-state index in [1.165, 1.54) is 0 Å². The fourth-order valence-corrected chi connectivity index (χ4v) is 2.81. The molecule has 1 aromatic carbocycles. The highest BCUT2D eigenvalue weighted by Crippen LogP contribution is 2.46. The number of benzene rings is 1. The second-order valence-corrected chi connectivity index (χ2v) is 5.57. The molecule has 0 bridgehead atoms. The van der Waals surface area contributed by atoms with Gasteiger partial charge in [-0.2, -0.15) is 0 Å². The van der Waals surface area contributed by atoms with E-state index in [0.717, 1.165) is 11.1 Å². The highest BCUT2D eigenvalue weighted by molar-refractivity contribution is 7.51. The van der Waals surface area contributed by atoms with Gasteiger partial charge in [0.1, 0.15) is 0 Å². The molecule has 0 spiro atoms. The Morgan fingerprint density at radius 1 is 1.53 bits per heavy atom. The van der Waals surface area contributed by atoms with Gasteiger partial charge in [-0.25, -0.2) is 0 Å². The highest BCUT2D eigenvalue weighted by Gasteiger charge is 2.20. The third-order valence-corrected chi connectivity index (χ3v) is 3.64. The third-order valence-electron chi connectivity index (χ3n) is 2.01. The quantitative estimate of drug-likeness (QED) is 0.831. The predicted molar refractivity (Wildman–Crippen MR) is 61.3 cm³/mol. The van der Waals surface area contributed by atoms with Crippen LogP contribution in [-0.2, 0) is 15.3 Å². The minimum absolute atomic E-state index is 0.0316. The van der Waals surface area contributed by atoms with Gasteiger partial charge >= 0.3 is 7.60 Å². The van der Waals surface area contributed by atoms with Crippen LogP contribution in [0.4, 0.5) is 0 Å². The van der Waals surface area contributed by atoms with Crippen molar-refractivity contribution < 1.29 is 14.0 Å². The molecule has 0 radical (unpaired) electrons. The van der Waals surface area contributed by atoms with Gasteiger partial charge in [-0.15, -0.1) is 0 Å². The Bertz CT molecular complexity index is 392. The lowest BCUT2D eigenvalue weighted by atomic mass is 10.1.